The topological polar surface area (TPSA) is 51.0 Å². The second-order valence-corrected chi connectivity index (χ2v) is 4.79. The minimum Gasteiger partial charge on any atom is -0.416 e. The summed E-state index contributed by atoms with van der Waals surface area (Å²) in [6, 6.07) is 0. The van der Waals surface area contributed by atoms with Gasteiger partial charge in [0.05, 0.1) is 0 Å². The van der Waals surface area contributed by atoms with E-state index in [-0.39, 0.29) is 0 Å². The van der Waals surface area contributed by atoms with Gasteiger partial charge in [-0.05, 0) is 13.0 Å². The minimum atomic E-state index is 0.634. The smallest absolute Gasteiger partial charge is 0.276 e. The number of thioether (sulfide) groups is 1. The highest BCUT2D eigenvalue weighted by Crippen LogP contribution is 2.14. The van der Waals surface area contributed by atoms with Crippen molar-refractivity contribution in [2.75, 3.05) is 18.8 Å². The summed E-state index contributed by atoms with van der Waals surface area (Å²) in [5.41, 5.74) is 0. The third-order valence-corrected chi connectivity index (χ3v) is 3.04. The Morgan fingerprint density at radius 2 is 2.06 bits per heavy atom. The maximum absolute atomic E-state index is 5.26. The molecule has 1 aromatic rings. The average Bonchev–Trinajstić information content (AvgIpc) is 2.68. The van der Waals surface area contributed by atoms with Crippen molar-refractivity contribution in [2.45, 2.75) is 44.8 Å². The van der Waals surface area contributed by atoms with E-state index in [0.717, 1.165) is 18.8 Å². The van der Waals surface area contributed by atoms with Gasteiger partial charge in [0.1, 0.15) is 0 Å². The predicted octanol–water partition coefficient (Wildman–Crippen LogP) is 2.64. The molecule has 0 unspecified atom stereocenters. The summed E-state index contributed by atoms with van der Waals surface area (Å²) in [6.45, 7) is 6.15. The van der Waals surface area contributed by atoms with Crippen molar-refractivity contribution in [3.05, 3.63) is 5.89 Å². The second kappa shape index (κ2) is 8.58. The first-order chi connectivity index (χ1) is 7.83. The lowest BCUT2D eigenvalue weighted by Gasteiger charge is -2.02. The van der Waals surface area contributed by atoms with Crippen LogP contribution in [-0.2, 0) is 0 Å². The van der Waals surface area contributed by atoms with Crippen molar-refractivity contribution in [1.29, 1.82) is 0 Å². The molecule has 0 aliphatic rings. The fourth-order valence-electron chi connectivity index (χ4n) is 1.35. The molecular formula is C11H21N3OS. The average molecular weight is 243 g/mol. The number of aromatic nitrogens is 2. The quantitative estimate of drug-likeness (QED) is 0.534. The lowest BCUT2D eigenvalue weighted by Crippen LogP contribution is -2.18. The van der Waals surface area contributed by atoms with Crippen LogP contribution in [0.25, 0.3) is 0 Å². The van der Waals surface area contributed by atoms with E-state index < -0.39 is 0 Å². The van der Waals surface area contributed by atoms with Crippen LogP contribution >= 0.6 is 11.8 Å². The molecule has 0 bridgehead atoms. The molecule has 5 heteroatoms. The molecule has 0 aliphatic carbocycles. The molecule has 1 heterocycles. The Morgan fingerprint density at radius 1 is 1.19 bits per heavy atom. The van der Waals surface area contributed by atoms with Gasteiger partial charge in [0.2, 0.25) is 5.89 Å². The number of nitrogens with one attached hydrogen (secondary N) is 1. The Balaban J connectivity index is 1.88. The van der Waals surface area contributed by atoms with Crippen molar-refractivity contribution >= 4 is 11.8 Å². The third kappa shape index (κ3) is 6.12. The zero-order chi connectivity index (χ0) is 11.6. The number of nitrogens with zero attached hydrogens (tertiary/aromatic N) is 2. The predicted molar refractivity (Wildman–Crippen MR) is 66.8 cm³/mol. The van der Waals surface area contributed by atoms with Crippen molar-refractivity contribution in [1.82, 2.24) is 15.5 Å². The Labute approximate surface area is 102 Å². The molecule has 1 rings (SSSR count). The maximum Gasteiger partial charge on any atom is 0.276 e. The SMILES string of the molecule is CCCCCCNCCSc1nnc(C)o1. The van der Waals surface area contributed by atoms with E-state index in [1.54, 1.807) is 11.8 Å². The molecule has 0 saturated heterocycles. The van der Waals surface area contributed by atoms with Crippen molar-refractivity contribution < 1.29 is 4.42 Å². The Hall–Kier alpha value is -0.550. The Morgan fingerprint density at radius 3 is 2.75 bits per heavy atom. The first-order valence-corrected chi connectivity index (χ1v) is 6.95. The lowest BCUT2D eigenvalue weighted by atomic mass is 10.2. The first-order valence-electron chi connectivity index (χ1n) is 5.96. The molecule has 0 aliphatic heterocycles. The van der Waals surface area contributed by atoms with Gasteiger partial charge in [0.15, 0.2) is 0 Å². The fourth-order valence-corrected chi connectivity index (χ4v) is 2.05. The molecule has 0 radical (unpaired) electrons. The zero-order valence-corrected chi connectivity index (χ0v) is 11.0. The standard InChI is InChI=1S/C11H21N3OS/c1-3-4-5-6-7-12-8-9-16-11-14-13-10(2)15-11/h12H,3-9H2,1-2H3. The van der Waals surface area contributed by atoms with Crippen LogP contribution in [0.15, 0.2) is 9.64 Å². The van der Waals surface area contributed by atoms with Crippen LogP contribution in [0.2, 0.25) is 0 Å². The van der Waals surface area contributed by atoms with Gasteiger partial charge < -0.3 is 9.73 Å². The van der Waals surface area contributed by atoms with Gasteiger partial charge in [-0.25, -0.2) is 0 Å². The monoisotopic (exact) mass is 243 g/mol. The van der Waals surface area contributed by atoms with Gasteiger partial charge in [0, 0.05) is 19.2 Å². The molecule has 0 saturated carbocycles. The van der Waals surface area contributed by atoms with E-state index in [0.29, 0.717) is 11.1 Å². The zero-order valence-electron chi connectivity index (χ0n) is 10.2. The number of hydrogen-bond acceptors (Lipinski definition) is 5. The van der Waals surface area contributed by atoms with Gasteiger partial charge in [-0.2, -0.15) is 0 Å². The number of hydrogen-bond donors (Lipinski definition) is 1. The summed E-state index contributed by atoms with van der Waals surface area (Å²) >= 11 is 1.61. The number of unbranched alkanes of at least 4 members (excludes halogenated alkanes) is 3. The van der Waals surface area contributed by atoms with Crippen LogP contribution in [0.1, 0.15) is 38.5 Å². The van der Waals surface area contributed by atoms with Crippen LogP contribution in [0, 0.1) is 6.92 Å². The van der Waals surface area contributed by atoms with Gasteiger partial charge >= 0.3 is 0 Å². The Kier molecular flexibility index (Phi) is 7.25. The Bertz CT molecular complexity index is 278. The van der Waals surface area contributed by atoms with Crippen molar-refractivity contribution in [2.24, 2.45) is 0 Å². The summed E-state index contributed by atoms with van der Waals surface area (Å²) in [6.07, 6.45) is 5.25. The lowest BCUT2D eigenvalue weighted by molar-refractivity contribution is 0.429. The number of aryl methyl sites for hydroxylation is 1. The highest BCUT2D eigenvalue weighted by atomic mass is 32.2. The van der Waals surface area contributed by atoms with E-state index in [1.807, 2.05) is 6.92 Å². The second-order valence-electron chi connectivity index (χ2n) is 3.75. The van der Waals surface area contributed by atoms with E-state index in [9.17, 15) is 0 Å². The summed E-state index contributed by atoms with van der Waals surface area (Å²) < 4.78 is 5.26. The molecule has 92 valence electrons. The maximum atomic E-state index is 5.26. The summed E-state index contributed by atoms with van der Waals surface area (Å²) in [4.78, 5) is 0. The molecule has 1 N–H and O–H groups in total. The minimum absolute atomic E-state index is 0.634. The van der Waals surface area contributed by atoms with Gasteiger partial charge in [-0.15, -0.1) is 10.2 Å². The van der Waals surface area contributed by atoms with Crippen LogP contribution in [0.5, 0.6) is 0 Å². The highest BCUT2D eigenvalue weighted by molar-refractivity contribution is 7.99. The first kappa shape index (κ1) is 13.5. The molecule has 0 atom stereocenters. The van der Waals surface area contributed by atoms with E-state index in [1.165, 1.54) is 25.7 Å². The normalized spacial score (nSPS) is 10.9. The highest BCUT2D eigenvalue weighted by Gasteiger charge is 2.01. The van der Waals surface area contributed by atoms with Crippen molar-refractivity contribution in [3.63, 3.8) is 0 Å². The largest absolute Gasteiger partial charge is 0.416 e. The van der Waals surface area contributed by atoms with Crippen LogP contribution in [0.3, 0.4) is 0 Å². The van der Waals surface area contributed by atoms with Gasteiger partial charge in [0.25, 0.3) is 5.22 Å². The van der Waals surface area contributed by atoms with E-state index in [2.05, 4.69) is 22.4 Å². The third-order valence-electron chi connectivity index (χ3n) is 2.22. The molecule has 0 aromatic carbocycles. The molecule has 1 aromatic heterocycles. The van der Waals surface area contributed by atoms with E-state index in [4.69, 9.17) is 4.42 Å². The summed E-state index contributed by atoms with van der Waals surface area (Å²) in [5, 5.41) is 11.8. The molecule has 0 amide bonds. The van der Waals surface area contributed by atoms with Crippen LogP contribution in [-0.4, -0.2) is 29.0 Å². The molecule has 0 spiro atoms. The van der Waals surface area contributed by atoms with Crippen LogP contribution in [0.4, 0.5) is 0 Å². The van der Waals surface area contributed by atoms with E-state index >= 15 is 0 Å². The molecular weight excluding hydrogens is 222 g/mol. The van der Waals surface area contributed by atoms with Gasteiger partial charge in [-0.1, -0.05) is 37.9 Å². The molecule has 0 fully saturated rings. The summed E-state index contributed by atoms with van der Waals surface area (Å²) in [5.74, 6) is 1.62. The molecule has 4 nitrogen and oxygen atoms in total. The van der Waals surface area contributed by atoms with Gasteiger partial charge in [-0.3, -0.25) is 0 Å². The number of rotatable bonds is 9. The summed E-state index contributed by atoms with van der Waals surface area (Å²) in [7, 11) is 0. The van der Waals surface area contributed by atoms with Crippen molar-refractivity contribution in [3.8, 4) is 0 Å². The fraction of sp³-hybridized carbons (Fsp3) is 0.818. The molecule has 16 heavy (non-hydrogen) atoms. The van der Waals surface area contributed by atoms with Crippen LogP contribution < -0.4 is 5.32 Å².